The molecule has 0 saturated carbocycles. The van der Waals surface area contributed by atoms with Gasteiger partial charge < -0.3 is 15.0 Å². The first-order valence-electron chi connectivity index (χ1n) is 5.06. The third-order valence-electron chi connectivity index (χ3n) is 2.05. The number of nitrogens with zero attached hydrogens (tertiary/aromatic N) is 2. The predicted molar refractivity (Wildman–Crippen MR) is 61.7 cm³/mol. The fourth-order valence-electron chi connectivity index (χ4n) is 1.13. The minimum Gasteiger partial charge on any atom is -0.481 e. The number of ether oxygens (including phenoxy) is 1. The second-order valence-electron chi connectivity index (χ2n) is 3.65. The number of amides is 1. The summed E-state index contributed by atoms with van der Waals surface area (Å²) >= 11 is 0. The topological polar surface area (TPSA) is 54.5 Å². The van der Waals surface area contributed by atoms with E-state index in [2.05, 4.69) is 10.3 Å². The summed E-state index contributed by atoms with van der Waals surface area (Å²) in [5.74, 6) is 0.391. The normalized spacial score (nSPS) is 10.2. The van der Waals surface area contributed by atoms with Gasteiger partial charge >= 0.3 is 0 Å². The van der Waals surface area contributed by atoms with Crippen molar-refractivity contribution in [3.05, 3.63) is 23.9 Å². The molecule has 1 aromatic rings. The highest BCUT2D eigenvalue weighted by molar-refractivity contribution is 5.93. The van der Waals surface area contributed by atoms with Crippen LogP contribution in [0.15, 0.2) is 18.3 Å². The van der Waals surface area contributed by atoms with E-state index >= 15 is 0 Å². The van der Waals surface area contributed by atoms with Crippen molar-refractivity contribution in [3.8, 4) is 5.88 Å². The predicted octanol–water partition coefficient (Wildman–Crippen LogP) is 0.382. The minimum atomic E-state index is -0.114. The Morgan fingerprint density at radius 1 is 1.50 bits per heavy atom. The Labute approximate surface area is 95.4 Å². The van der Waals surface area contributed by atoms with Crippen LogP contribution in [0.1, 0.15) is 10.4 Å². The molecule has 1 heterocycles. The molecule has 0 atom stereocenters. The number of hydrogen-bond donors (Lipinski definition) is 1. The highest BCUT2D eigenvalue weighted by Crippen LogP contribution is 2.06. The average molecular weight is 223 g/mol. The van der Waals surface area contributed by atoms with E-state index in [1.165, 1.54) is 6.20 Å². The van der Waals surface area contributed by atoms with Crippen LogP contribution in [0, 0.1) is 0 Å². The lowest BCUT2D eigenvalue weighted by Gasteiger charge is -2.10. The lowest BCUT2D eigenvalue weighted by Crippen LogP contribution is -2.31. The fraction of sp³-hybridized carbons (Fsp3) is 0.455. The van der Waals surface area contributed by atoms with Crippen LogP contribution < -0.4 is 10.1 Å². The van der Waals surface area contributed by atoms with E-state index in [1.54, 1.807) is 19.2 Å². The van der Waals surface area contributed by atoms with Gasteiger partial charge in [0.15, 0.2) is 0 Å². The molecular formula is C11H17N3O2. The van der Waals surface area contributed by atoms with Gasteiger partial charge in [0, 0.05) is 25.4 Å². The Morgan fingerprint density at radius 3 is 2.75 bits per heavy atom. The van der Waals surface area contributed by atoms with Crippen LogP contribution in [0.2, 0.25) is 0 Å². The standard InChI is InChI=1S/C11H17N3O2/c1-14(2)7-6-12-11(15)9-4-5-10(16-3)13-8-9/h4-5,8H,6-7H2,1-3H3,(H,12,15). The van der Waals surface area contributed by atoms with Gasteiger partial charge in [-0.1, -0.05) is 0 Å². The number of carbonyl (C=O) groups excluding carboxylic acids is 1. The molecule has 1 aromatic heterocycles. The molecular weight excluding hydrogens is 206 g/mol. The van der Waals surface area contributed by atoms with Gasteiger partial charge in [-0.05, 0) is 20.2 Å². The zero-order valence-electron chi connectivity index (χ0n) is 9.86. The SMILES string of the molecule is COc1ccc(C(=O)NCCN(C)C)cn1. The van der Waals surface area contributed by atoms with Gasteiger partial charge in [-0.15, -0.1) is 0 Å². The van der Waals surface area contributed by atoms with Crippen molar-refractivity contribution < 1.29 is 9.53 Å². The lowest BCUT2D eigenvalue weighted by molar-refractivity contribution is 0.0950. The van der Waals surface area contributed by atoms with Crippen LogP contribution in [0.4, 0.5) is 0 Å². The maximum Gasteiger partial charge on any atom is 0.252 e. The van der Waals surface area contributed by atoms with Crippen molar-refractivity contribution in [1.82, 2.24) is 15.2 Å². The number of carbonyl (C=O) groups is 1. The van der Waals surface area contributed by atoms with Gasteiger partial charge in [-0.25, -0.2) is 4.98 Å². The quantitative estimate of drug-likeness (QED) is 0.784. The molecule has 1 rings (SSSR count). The number of rotatable bonds is 5. The molecule has 0 radical (unpaired) electrons. The molecule has 0 saturated heterocycles. The van der Waals surface area contributed by atoms with Crippen LogP contribution in [-0.2, 0) is 0 Å². The number of aromatic nitrogens is 1. The first-order valence-corrected chi connectivity index (χ1v) is 5.06. The number of likely N-dealkylation sites (N-methyl/N-ethyl adjacent to an activating group) is 1. The van der Waals surface area contributed by atoms with Crippen molar-refractivity contribution in [1.29, 1.82) is 0 Å². The van der Waals surface area contributed by atoms with Crippen LogP contribution in [0.3, 0.4) is 0 Å². The maximum absolute atomic E-state index is 11.6. The number of methoxy groups -OCH3 is 1. The number of nitrogens with one attached hydrogen (secondary N) is 1. The average Bonchev–Trinajstić information content (AvgIpc) is 2.28. The Hall–Kier alpha value is -1.62. The Balaban J connectivity index is 2.46. The second-order valence-corrected chi connectivity index (χ2v) is 3.65. The molecule has 88 valence electrons. The third kappa shape index (κ3) is 3.86. The minimum absolute atomic E-state index is 0.114. The van der Waals surface area contributed by atoms with Crippen molar-refractivity contribution in [2.45, 2.75) is 0 Å². The summed E-state index contributed by atoms with van der Waals surface area (Å²) < 4.78 is 4.91. The van der Waals surface area contributed by atoms with E-state index in [4.69, 9.17) is 4.74 Å². The summed E-state index contributed by atoms with van der Waals surface area (Å²) in [4.78, 5) is 17.6. The third-order valence-corrected chi connectivity index (χ3v) is 2.05. The van der Waals surface area contributed by atoms with Crippen LogP contribution in [-0.4, -0.2) is 50.1 Å². The second kappa shape index (κ2) is 6.07. The van der Waals surface area contributed by atoms with Crippen LogP contribution in [0.5, 0.6) is 5.88 Å². The van der Waals surface area contributed by atoms with Gasteiger partial charge in [-0.2, -0.15) is 0 Å². The number of hydrogen-bond acceptors (Lipinski definition) is 4. The Bertz CT molecular complexity index is 336. The molecule has 0 fully saturated rings. The summed E-state index contributed by atoms with van der Waals surface area (Å²) in [6, 6.07) is 3.36. The summed E-state index contributed by atoms with van der Waals surface area (Å²) in [5.41, 5.74) is 0.541. The van der Waals surface area contributed by atoms with Gasteiger partial charge in [0.2, 0.25) is 5.88 Å². The molecule has 0 aliphatic carbocycles. The zero-order valence-corrected chi connectivity index (χ0v) is 9.86. The zero-order chi connectivity index (χ0) is 12.0. The maximum atomic E-state index is 11.6. The molecule has 0 unspecified atom stereocenters. The lowest BCUT2D eigenvalue weighted by atomic mass is 10.2. The van der Waals surface area contributed by atoms with Crippen LogP contribution >= 0.6 is 0 Å². The smallest absolute Gasteiger partial charge is 0.252 e. The van der Waals surface area contributed by atoms with E-state index in [0.29, 0.717) is 18.0 Å². The monoisotopic (exact) mass is 223 g/mol. The summed E-state index contributed by atoms with van der Waals surface area (Å²) in [7, 11) is 5.46. The van der Waals surface area contributed by atoms with Crippen molar-refractivity contribution in [2.75, 3.05) is 34.3 Å². The van der Waals surface area contributed by atoms with Gasteiger partial charge in [0.05, 0.1) is 12.7 Å². The Kier molecular flexibility index (Phi) is 4.72. The van der Waals surface area contributed by atoms with E-state index in [1.807, 2.05) is 19.0 Å². The molecule has 0 aromatic carbocycles. The molecule has 0 aliphatic rings. The van der Waals surface area contributed by atoms with Crippen LogP contribution in [0.25, 0.3) is 0 Å². The van der Waals surface area contributed by atoms with E-state index in [-0.39, 0.29) is 5.91 Å². The van der Waals surface area contributed by atoms with E-state index in [9.17, 15) is 4.79 Å². The molecule has 16 heavy (non-hydrogen) atoms. The highest BCUT2D eigenvalue weighted by atomic mass is 16.5. The molecule has 5 heteroatoms. The molecule has 1 N–H and O–H groups in total. The first-order chi connectivity index (χ1) is 7.63. The van der Waals surface area contributed by atoms with Gasteiger partial charge in [-0.3, -0.25) is 4.79 Å². The fourth-order valence-corrected chi connectivity index (χ4v) is 1.13. The highest BCUT2D eigenvalue weighted by Gasteiger charge is 2.05. The number of pyridine rings is 1. The largest absolute Gasteiger partial charge is 0.481 e. The van der Waals surface area contributed by atoms with E-state index < -0.39 is 0 Å². The summed E-state index contributed by atoms with van der Waals surface area (Å²) in [6.07, 6.45) is 1.50. The molecule has 0 bridgehead atoms. The van der Waals surface area contributed by atoms with Gasteiger partial charge in [0.1, 0.15) is 0 Å². The summed E-state index contributed by atoms with van der Waals surface area (Å²) in [5, 5.41) is 2.81. The molecule has 0 aliphatic heterocycles. The van der Waals surface area contributed by atoms with Crippen molar-refractivity contribution >= 4 is 5.91 Å². The molecule has 1 amide bonds. The Morgan fingerprint density at radius 2 is 2.25 bits per heavy atom. The van der Waals surface area contributed by atoms with Crippen molar-refractivity contribution in [3.63, 3.8) is 0 Å². The summed E-state index contributed by atoms with van der Waals surface area (Å²) in [6.45, 7) is 1.44. The molecule has 0 spiro atoms. The first kappa shape index (κ1) is 12.4. The molecule has 5 nitrogen and oxygen atoms in total. The van der Waals surface area contributed by atoms with Crippen molar-refractivity contribution in [2.24, 2.45) is 0 Å². The van der Waals surface area contributed by atoms with Gasteiger partial charge in [0.25, 0.3) is 5.91 Å². The van der Waals surface area contributed by atoms with E-state index in [0.717, 1.165) is 6.54 Å².